The molecule has 3 aromatic carbocycles. The fraction of sp³-hybridized carbons (Fsp3) is 0.0455. The van der Waals surface area contributed by atoms with Crippen LogP contribution in [-0.2, 0) is 11.2 Å². The van der Waals surface area contributed by atoms with Crippen LogP contribution in [-0.4, -0.2) is 15.6 Å². The number of aromatic nitrogens is 1. The molecule has 0 saturated heterocycles. The number of amides is 1. The Labute approximate surface area is 151 Å². The van der Waals surface area contributed by atoms with E-state index in [1.54, 1.807) is 12.1 Å². The van der Waals surface area contributed by atoms with Crippen molar-refractivity contribution in [2.75, 3.05) is 0 Å². The third kappa shape index (κ3) is 2.71. The number of aromatic hydroxyl groups is 1. The quantitative estimate of drug-likeness (QED) is 0.588. The Balaban J connectivity index is 2.11. The predicted octanol–water partition coefficient (Wildman–Crippen LogP) is 4.03. The number of carbonyl (C=O) groups is 1. The van der Waals surface area contributed by atoms with E-state index in [1.807, 2.05) is 66.7 Å². The summed E-state index contributed by atoms with van der Waals surface area (Å²) in [7, 11) is 0. The lowest BCUT2D eigenvalue weighted by Crippen LogP contribution is -2.14. The number of phenolic OH excluding ortho intramolecular Hbond substituents is 1. The fourth-order valence-corrected chi connectivity index (χ4v) is 3.43. The van der Waals surface area contributed by atoms with E-state index in [9.17, 15) is 9.90 Å². The largest absolute Gasteiger partial charge is 0.508 e. The van der Waals surface area contributed by atoms with Crippen LogP contribution in [0.3, 0.4) is 0 Å². The Hall–Kier alpha value is -3.53. The van der Waals surface area contributed by atoms with Crippen molar-refractivity contribution in [1.29, 1.82) is 0 Å². The van der Waals surface area contributed by atoms with E-state index in [-0.39, 0.29) is 18.1 Å². The lowest BCUT2D eigenvalue weighted by Gasteiger charge is -2.13. The van der Waals surface area contributed by atoms with Crippen molar-refractivity contribution < 1.29 is 9.90 Å². The number of hydrogen-bond acceptors (Lipinski definition) is 2. The summed E-state index contributed by atoms with van der Waals surface area (Å²) in [5.74, 6) is -0.153. The first kappa shape index (κ1) is 16.0. The van der Waals surface area contributed by atoms with E-state index in [0.29, 0.717) is 0 Å². The van der Waals surface area contributed by atoms with Crippen molar-refractivity contribution in [3.05, 3.63) is 84.4 Å². The number of benzene rings is 3. The molecule has 1 amide bonds. The summed E-state index contributed by atoms with van der Waals surface area (Å²) >= 11 is 0. The minimum Gasteiger partial charge on any atom is -0.508 e. The molecule has 0 aliphatic heterocycles. The highest BCUT2D eigenvalue weighted by Crippen LogP contribution is 2.37. The summed E-state index contributed by atoms with van der Waals surface area (Å²) in [6.07, 6.45) is 0.163. The molecule has 0 saturated carbocycles. The standard InChI is InChI=1S/C22H18N2O2/c23-21(26)14-19-18-8-4-5-9-20(18)24(16-10-12-17(25)13-11-16)22(19)15-6-2-1-3-7-15/h1-13,25H,14H2,(H2,23,26). The maximum absolute atomic E-state index is 11.8. The highest BCUT2D eigenvalue weighted by molar-refractivity contribution is 5.97. The van der Waals surface area contributed by atoms with Gasteiger partial charge in [0.2, 0.25) is 5.91 Å². The molecule has 4 aromatic rings. The van der Waals surface area contributed by atoms with Crippen LogP contribution in [0.5, 0.6) is 5.75 Å². The van der Waals surface area contributed by atoms with Gasteiger partial charge in [0, 0.05) is 11.1 Å². The average Bonchev–Trinajstić information content (AvgIpc) is 2.97. The van der Waals surface area contributed by atoms with E-state index in [0.717, 1.165) is 33.4 Å². The summed E-state index contributed by atoms with van der Waals surface area (Å²) in [4.78, 5) is 11.8. The SMILES string of the molecule is NC(=O)Cc1c(-c2ccccc2)n(-c2ccc(O)cc2)c2ccccc12. The van der Waals surface area contributed by atoms with E-state index in [4.69, 9.17) is 5.73 Å². The minimum atomic E-state index is -0.365. The van der Waals surface area contributed by atoms with E-state index >= 15 is 0 Å². The molecule has 1 heterocycles. The van der Waals surface area contributed by atoms with Gasteiger partial charge in [-0.25, -0.2) is 0 Å². The van der Waals surface area contributed by atoms with Crippen molar-refractivity contribution in [3.63, 3.8) is 0 Å². The Bertz CT molecular complexity index is 1080. The summed E-state index contributed by atoms with van der Waals surface area (Å²) in [6.45, 7) is 0. The number of para-hydroxylation sites is 1. The van der Waals surface area contributed by atoms with Gasteiger partial charge in [0.25, 0.3) is 0 Å². The molecule has 0 bridgehead atoms. The first-order valence-corrected chi connectivity index (χ1v) is 8.40. The normalized spacial score (nSPS) is 10.9. The molecule has 0 fully saturated rings. The monoisotopic (exact) mass is 342 g/mol. The number of primary amides is 1. The molecule has 26 heavy (non-hydrogen) atoms. The predicted molar refractivity (Wildman–Crippen MR) is 103 cm³/mol. The van der Waals surface area contributed by atoms with Crippen LogP contribution >= 0.6 is 0 Å². The molecule has 1 aromatic heterocycles. The lowest BCUT2D eigenvalue weighted by atomic mass is 10.0. The van der Waals surface area contributed by atoms with Crippen molar-refractivity contribution in [2.45, 2.75) is 6.42 Å². The zero-order valence-electron chi connectivity index (χ0n) is 14.1. The molecule has 0 aliphatic carbocycles. The zero-order valence-corrected chi connectivity index (χ0v) is 14.1. The molecule has 0 atom stereocenters. The third-order valence-corrected chi connectivity index (χ3v) is 4.49. The highest BCUT2D eigenvalue weighted by atomic mass is 16.3. The second-order valence-corrected chi connectivity index (χ2v) is 6.21. The number of hydrogen-bond donors (Lipinski definition) is 2. The van der Waals surface area contributed by atoms with Crippen LogP contribution in [0.4, 0.5) is 0 Å². The molecule has 4 rings (SSSR count). The van der Waals surface area contributed by atoms with Gasteiger partial charge < -0.3 is 15.4 Å². The first-order valence-electron chi connectivity index (χ1n) is 8.40. The number of nitrogens with two attached hydrogens (primary N) is 1. The van der Waals surface area contributed by atoms with Gasteiger partial charge in [0.15, 0.2) is 0 Å². The molecule has 0 radical (unpaired) electrons. The Kier molecular flexibility index (Phi) is 3.93. The highest BCUT2D eigenvalue weighted by Gasteiger charge is 2.20. The number of rotatable bonds is 4. The Morgan fingerprint density at radius 3 is 2.23 bits per heavy atom. The summed E-state index contributed by atoms with van der Waals surface area (Å²) in [6, 6.07) is 25.0. The van der Waals surface area contributed by atoms with Gasteiger partial charge in [-0.05, 0) is 41.5 Å². The van der Waals surface area contributed by atoms with Crippen molar-refractivity contribution in [3.8, 4) is 22.7 Å². The van der Waals surface area contributed by atoms with Gasteiger partial charge >= 0.3 is 0 Å². The number of nitrogens with zero attached hydrogens (tertiary/aromatic N) is 1. The van der Waals surface area contributed by atoms with E-state index in [2.05, 4.69) is 4.57 Å². The van der Waals surface area contributed by atoms with Gasteiger partial charge in [-0.2, -0.15) is 0 Å². The maximum Gasteiger partial charge on any atom is 0.221 e. The number of phenols is 1. The molecule has 4 heteroatoms. The maximum atomic E-state index is 11.8. The topological polar surface area (TPSA) is 68.2 Å². The van der Waals surface area contributed by atoms with Crippen LogP contribution in [0.25, 0.3) is 27.8 Å². The summed E-state index contributed by atoms with van der Waals surface area (Å²) < 4.78 is 2.11. The molecule has 4 nitrogen and oxygen atoms in total. The summed E-state index contributed by atoms with van der Waals surface area (Å²) in [5.41, 5.74) is 10.3. The van der Waals surface area contributed by atoms with Gasteiger partial charge in [0.05, 0.1) is 17.6 Å². The lowest BCUT2D eigenvalue weighted by molar-refractivity contribution is -0.117. The number of fused-ring (bicyclic) bond motifs is 1. The van der Waals surface area contributed by atoms with Gasteiger partial charge in [-0.3, -0.25) is 4.79 Å². The van der Waals surface area contributed by atoms with Crippen molar-refractivity contribution >= 4 is 16.8 Å². The van der Waals surface area contributed by atoms with Crippen LogP contribution < -0.4 is 5.73 Å². The van der Waals surface area contributed by atoms with E-state index in [1.165, 1.54) is 0 Å². The molecule has 128 valence electrons. The van der Waals surface area contributed by atoms with Crippen LogP contribution in [0.15, 0.2) is 78.9 Å². The number of carbonyl (C=O) groups excluding carboxylic acids is 1. The van der Waals surface area contributed by atoms with Gasteiger partial charge in [-0.1, -0.05) is 48.5 Å². The third-order valence-electron chi connectivity index (χ3n) is 4.49. The van der Waals surface area contributed by atoms with Crippen LogP contribution in [0, 0.1) is 0 Å². The molecule has 0 unspecified atom stereocenters. The van der Waals surface area contributed by atoms with Crippen molar-refractivity contribution in [1.82, 2.24) is 4.57 Å². The van der Waals surface area contributed by atoms with Crippen LogP contribution in [0.2, 0.25) is 0 Å². The van der Waals surface area contributed by atoms with Gasteiger partial charge in [0.1, 0.15) is 5.75 Å². The molecule has 0 aliphatic rings. The smallest absolute Gasteiger partial charge is 0.221 e. The molecular formula is C22H18N2O2. The molecular weight excluding hydrogens is 324 g/mol. The Morgan fingerprint density at radius 2 is 1.54 bits per heavy atom. The van der Waals surface area contributed by atoms with Gasteiger partial charge in [-0.15, -0.1) is 0 Å². The molecule has 3 N–H and O–H groups in total. The summed E-state index contributed by atoms with van der Waals surface area (Å²) in [5, 5.41) is 10.7. The second kappa shape index (κ2) is 6.41. The van der Waals surface area contributed by atoms with E-state index < -0.39 is 0 Å². The average molecular weight is 342 g/mol. The van der Waals surface area contributed by atoms with Crippen molar-refractivity contribution in [2.24, 2.45) is 5.73 Å². The zero-order chi connectivity index (χ0) is 18.1. The second-order valence-electron chi connectivity index (χ2n) is 6.21. The first-order chi connectivity index (χ1) is 12.6. The fourth-order valence-electron chi connectivity index (χ4n) is 3.43. The molecule has 0 spiro atoms. The Morgan fingerprint density at radius 1 is 0.885 bits per heavy atom. The minimum absolute atomic E-state index is 0.163. The van der Waals surface area contributed by atoms with Crippen LogP contribution in [0.1, 0.15) is 5.56 Å².